The van der Waals surface area contributed by atoms with Gasteiger partial charge in [-0.3, -0.25) is 4.18 Å². The summed E-state index contributed by atoms with van der Waals surface area (Å²) in [7, 11) is -4.51. The Labute approximate surface area is 115 Å². The van der Waals surface area contributed by atoms with Crippen LogP contribution < -0.4 is 29.6 Å². The third-order valence-corrected chi connectivity index (χ3v) is 2.40. The van der Waals surface area contributed by atoms with E-state index in [0.717, 1.165) is 19.3 Å². The van der Waals surface area contributed by atoms with Gasteiger partial charge in [0.2, 0.25) is 10.4 Å². The first-order valence-corrected chi connectivity index (χ1v) is 6.25. The van der Waals surface area contributed by atoms with Crippen LogP contribution in [0.1, 0.15) is 40.0 Å². The molecule has 1 atom stereocenters. The molecule has 0 rings (SSSR count). The fourth-order valence-electron chi connectivity index (χ4n) is 1.16. The van der Waals surface area contributed by atoms with Crippen molar-refractivity contribution in [2.75, 3.05) is 6.61 Å². The largest absolute Gasteiger partial charge is 1.00 e. The van der Waals surface area contributed by atoms with Crippen molar-refractivity contribution in [1.29, 1.82) is 0 Å². The second-order valence-electron chi connectivity index (χ2n) is 4.12. The van der Waals surface area contributed by atoms with E-state index < -0.39 is 10.4 Å². The topological polar surface area (TPSA) is 66.4 Å². The second kappa shape index (κ2) is 8.96. The first kappa shape index (κ1) is 18.2. The van der Waals surface area contributed by atoms with E-state index in [-0.39, 0.29) is 42.1 Å². The van der Waals surface area contributed by atoms with Gasteiger partial charge in [-0.25, -0.2) is 8.42 Å². The summed E-state index contributed by atoms with van der Waals surface area (Å²) in [5.41, 5.74) is 0. The average molecular weight is 246 g/mol. The molecule has 0 aromatic rings. The van der Waals surface area contributed by atoms with Crippen LogP contribution in [-0.2, 0) is 14.6 Å². The summed E-state index contributed by atoms with van der Waals surface area (Å²) >= 11 is 0. The zero-order valence-corrected chi connectivity index (χ0v) is 12.8. The molecule has 0 spiro atoms. The molecule has 0 aliphatic heterocycles. The van der Waals surface area contributed by atoms with Gasteiger partial charge in [-0.2, -0.15) is 0 Å². The Bertz CT molecular complexity index is 238. The summed E-state index contributed by atoms with van der Waals surface area (Å²) in [6.45, 7) is 6.17. The summed E-state index contributed by atoms with van der Waals surface area (Å²) < 4.78 is 34.6. The maximum atomic E-state index is 10.1. The van der Waals surface area contributed by atoms with Crippen molar-refractivity contribution < 1.29 is 46.7 Å². The first-order valence-electron chi connectivity index (χ1n) is 4.91. The summed E-state index contributed by atoms with van der Waals surface area (Å²) in [4.78, 5) is 0. The molecule has 0 aliphatic rings. The Morgan fingerprint density at radius 2 is 1.73 bits per heavy atom. The Morgan fingerprint density at radius 3 is 2.13 bits per heavy atom. The molecule has 0 aromatic heterocycles. The van der Waals surface area contributed by atoms with Crippen LogP contribution >= 0.6 is 0 Å². The van der Waals surface area contributed by atoms with Crippen molar-refractivity contribution in [1.82, 2.24) is 0 Å². The number of rotatable bonds is 7. The van der Waals surface area contributed by atoms with Crippen LogP contribution in [0.3, 0.4) is 0 Å². The van der Waals surface area contributed by atoms with Crippen LogP contribution in [0.5, 0.6) is 0 Å². The number of hydrogen-bond donors (Lipinski definition) is 0. The maximum absolute atomic E-state index is 10.1. The van der Waals surface area contributed by atoms with E-state index in [9.17, 15) is 13.0 Å². The predicted octanol–water partition coefficient (Wildman–Crippen LogP) is -1.07. The molecular weight excluding hydrogens is 227 g/mol. The second-order valence-corrected chi connectivity index (χ2v) is 5.17. The van der Waals surface area contributed by atoms with Crippen molar-refractivity contribution in [3.63, 3.8) is 0 Å². The van der Waals surface area contributed by atoms with Gasteiger partial charge in [0.15, 0.2) is 0 Å². The van der Waals surface area contributed by atoms with Crippen LogP contribution in [0.25, 0.3) is 0 Å². The minimum atomic E-state index is -4.51. The normalized spacial score (nSPS) is 13.7. The summed E-state index contributed by atoms with van der Waals surface area (Å²) in [5, 5.41) is 0. The van der Waals surface area contributed by atoms with Crippen molar-refractivity contribution >= 4 is 10.4 Å². The van der Waals surface area contributed by atoms with Crippen LogP contribution in [0.2, 0.25) is 0 Å². The molecule has 0 fully saturated rings. The fourth-order valence-corrected chi connectivity index (χ4v) is 1.56. The van der Waals surface area contributed by atoms with Crippen LogP contribution in [0, 0.1) is 11.8 Å². The molecule has 86 valence electrons. The summed E-state index contributed by atoms with van der Waals surface area (Å²) in [6, 6.07) is 0. The molecule has 0 amide bonds. The van der Waals surface area contributed by atoms with E-state index in [4.69, 9.17) is 0 Å². The van der Waals surface area contributed by atoms with E-state index >= 15 is 0 Å². The maximum Gasteiger partial charge on any atom is 1.00 e. The zero-order chi connectivity index (χ0) is 11.2. The minimum Gasteiger partial charge on any atom is -0.726 e. The Hall–Kier alpha value is 0.870. The monoisotopic (exact) mass is 246 g/mol. The van der Waals surface area contributed by atoms with Gasteiger partial charge in [-0.1, -0.05) is 33.6 Å². The molecule has 4 nitrogen and oxygen atoms in total. The molecule has 0 aliphatic carbocycles. The van der Waals surface area contributed by atoms with Crippen molar-refractivity contribution in [2.24, 2.45) is 11.8 Å². The van der Waals surface area contributed by atoms with Gasteiger partial charge in [-0.15, -0.1) is 0 Å². The Morgan fingerprint density at radius 1 is 1.20 bits per heavy atom. The summed E-state index contributed by atoms with van der Waals surface area (Å²) in [6.07, 6.45) is 3.06. The van der Waals surface area contributed by atoms with Crippen LogP contribution in [0.15, 0.2) is 0 Å². The van der Waals surface area contributed by atoms with Gasteiger partial charge < -0.3 is 4.55 Å². The van der Waals surface area contributed by atoms with E-state index in [1.165, 1.54) is 0 Å². The SMILES string of the molecule is CC(C)CCCC(C)COS(=O)(=O)[O-].[Na+]. The van der Waals surface area contributed by atoms with Gasteiger partial charge in [0.25, 0.3) is 0 Å². The van der Waals surface area contributed by atoms with E-state index in [0.29, 0.717) is 5.92 Å². The Kier molecular flexibility index (Phi) is 10.9. The average Bonchev–Trinajstić information content (AvgIpc) is 1.99. The molecule has 0 heterocycles. The van der Waals surface area contributed by atoms with Gasteiger partial charge in [0.05, 0.1) is 6.61 Å². The quantitative estimate of drug-likeness (QED) is 0.326. The molecule has 1 unspecified atom stereocenters. The van der Waals surface area contributed by atoms with Crippen LogP contribution in [-0.4, -0.2) is 19.6 Å². The fraction of sp³-hybridized carbons (Fsp3) is 1.00. The predicted molar refractivity (Wildman–Crippen MR) is 53.5 cm³/mol. The first-order chi connectivity index (χ1) is 6.31. The molecule has 0 saturated carbocycles. The van der Waals surface area contributed by atoms with E-state index in [2.05, 4.69) is 18.0 Å². The molecule has 6 heteroatoms. The zero-order valence-electron chi connectivity index (χ0n) is 10.0. The third-order valence-electron chi connectivity index (χ3n) is 1.98. The molecule has 0 N–H and O–H groups in total. The van der Waals surface area contributed by atoms with E-state index in [1.807, 2.05) is 6.92 Å². The standard InChI is InChI=1S/C9H20O4S.Na/c1-8(2)5-4-6-9(3)7-13-14(10,11)12;/h8-9H,4-7H2,1-3H3,(H,10,11,12);/q;+1/p-1. The molecule has 15 heavy (non-hydrogen) atoms. The molecule has 0 saturated heterocycles. The molecular formula is C9H19NaO4S. The van der Waals surface area contributed by atoms with Gasteiger partial charge in [0, 0.05) is 0 Å². The third kappa shape index (κ3) is 14.9. The van der Waals surface area contributed by atoms with Gasteiger partial charge >= 0.3 is 29.6 Å². The van der Waals surface area contributed by atoms with Crippen molar-refractivity contribution in [2.45, 2.75) is 40.0 Å². The van der Waals surface area contributed by atoms with Crippen LogP contribution in [0.4, 0.5) is 0 Å². The van der Waals surface area contributed by atoms with Crippen molar-refractivity contribution in [3.8, 4) is 0 Å². The smallest absolute Gasteiger partial charge is 0.726 e. The van der Waals surface area contributed by atoms with Crippen molar-refractivity contribution in [3.05, 3.63) is 0 Å². The number of hydrogen-bond acceptors (Lipinski definition) is 4. The Balaban J connectivity index is 0. The molecule has 0 bridgehead atoms. The summed E-state index contributed by atoms with van der Waals surface area (Å²) in [5.74, 6) is 0.781. The van der Waals surface area contributed by atoms with Gasteiger partial charge in [-0.05, 0) is 18.3 Å². The minimum absolute atomic E-state index is 0. The molecule has 0 radical (unpaired) electrons. The van der Waals surface area contributed by atoms with E-state index in [1.54, 1.807) is 0 Å². The molecule has 0 aromatic carbocycles. The van der Waals surface area contributed by atoms with Gasteiger partial charge in [0.1, 0.15) is 0 Å².